The van der Waals surface area contributed by atoms with Crippen LogP contribution in [0.4, 0.5) is 0 Å². The maximum atomic E-state index is 11.7. The van der Waals surface area contributed by atoms with Crippen LogP contribution < -0.4 is 0 Å². The summed E-state index contributed by atoms with van der Waals surface area (Å²) < 4.78 is 0. The summed E-state index contributed by atoms with van der Waals surface area (Å²) in [4.78, 5) is 27.4. The van der Waals surface area contributed by atoms with Gasteiger partial charge >= 0.3 is 11.9 Å². The highest BCUT2D eigenvalue weighted by Crippen LogP contribution is 2.34. The Balaban J connectivity index is 2.64. The molecule has 2 aromatic rings. The second-order valence-corrected chi connectivity index (χ2v) is 5.33. The van der Waals surface area contributed by atoms with Gasteiger partial charge in [0.05, 0.1) is 0 Å². The number of hydrogen-bond acceptors (Lipinski definition) is 3. The smallest absolute Gasteiger partial charge is 0.325 e. The Morgan fingerprint density at radius 1 is 1.00 bits per heavy atom. The van der Waals surface area contributed by atoms with Gasteiger partial charge in [-0.3, -0.25) is 14.6 Å². The Bertz CT molecular complexity index is 711. The van der Waals surface area contributed by atoms with Gasteiger partial charge in [0.15, 0.2) is 5.41 Å². The summed E-state index contributed by atoms with van der Waals surface area (Å²) in [6.07, 6.45) is 3.90. The lowest BCUT2D eigenvalue weighted by Crippen LogP contribution is -2.44. The van der Waals surface area contributed by atoms with Gasteiger partial charge < -0.3 is 10.2 Å². The van der Waals surface area contributed by atoms with Gasteiger partial charge in [-0.25, -0.2) is 0 Å². The first-order valence-corrected chi connectivity index (χ1v) is 7.48. The van der Waals surface area contributed by atoms with E-state index in [1.165, 1.54) is 0 Å². The van der Waals surface area contributed by atoms with E-state index in [-0.39, 0.29) is 6.42 Å². The molecule has 2 N–H and O–H groups in total. The molecule has 0 aliphatic heterocycles. The van der Waals surface area contributed by atoms with Gasteiger partial charge in [-0.2, -0.15) is 0 Å². The fraction of sp³-hybridized carbons (Fsp3) is 0.278. The van der Waals surface area contributed by atoms with E-state index in [0.717, 1.165) is 16.7 Å². The summed E-state index contributed by atoms with van der Waals surface area (Å²) in [7, 11) is 0. The molecule has 120 valence electrons. The Kier molecular flexibility index (Phi) is 4.79. The minimum Gasteiger partial charge on any atom is -0.480 e. The van der Waals surface area contributed by atoms with Gasteiger partial charge in [0.1, 0.15) is 0 Å². The minimum absolute atomic E-state index is 0.0146. The number of hydrogen-bond donors (Lipinski definition) is 2. The lowest BCUT2D eigenvalue weighted by atomic mass is 9.75. The molecule has 1 aromatic carbocycles. The molecule has 0 fully saturated rings. The van der Waals surface area contributed by atoms with Gasteiger partial charge in [0.2, 0.25) is 0 Å². The fourth-order valence-electron chi connectivity index (χ4n) is 2.84. The first kappa shape index (κ1) is 16.7. The number of carboxylic acids is 2. The van der Waals surface area contributed by atoms with Gasteiger partial charge in [0.25, 0.3) is 0 Å². The van der Waals surface area contributed by atoms with Crippen LogP contribution in [0, 0.1) is 0 Å². The lowest BCUT2D eigenvalue weighted by molar-refractivity contribution is -0.157. The zero-order valence-electron chi connectivity index (χ0n) is 13.1. The Morgan fingerprint density at radius 2 is 1.61 bits per heavy atom. The highest BCUT2D eigenvalue weighted by molar-refractivity contribution is 6.05. The minimum atomic E-state index is -1.91. The Morgan fingerprint density at radius 3 is 2.09 bits per heavy atom. The van der Waals surface area contributed by atoms with Crippen LogP contribution in [0.2, 0.25) is 0 Å². The normalized spacial score (nSPS) is 11.2. The third kappa shape index (κ3) is 2.82. The first-order valence-electron chi connectivity index (χ1n) is 7.48. The average molecular weight is 313 g/mol. The molecule has 0 saturated carbocycles. The highest BCUT2D eigenvalue weighted by Gasteiger charge is 2.47. The molecule has 0 aliphatic carbocycles. The number of benzene rings is 1. The molecule has 0 bridgehead atoms. The van der Waals surface area contributed by atoms with Crippen molar-refractivity contribution in [2.24, 2.45) is 0 Å². The fourth-order valence-corrected chi connectivity index (χ4v) is 2.84. The number of aryl methyl sites for hydroxylation is 1. The molecule has 0 spiro atoms. The van der Waals surface area contributed by atoms with Crippen LogP contribution in [0.1, 0.15) is 31.4 Å². The Labute approximate surface area is 134 Å². The molecule has 5 heteroatoms. The van der Waals surface area contributed by atoms with Crippen molar-refractivity contribution in [1.82, 2.24) is 4.98 Å². The highest BCUT2D eigenvalue weighted by atomic mass is 16.4. The number of pyridine rings is 1. The molecule has 1 heterocycles. The van der Waals surface area contributed by atoms with Crippen LogP contribution in [-0.2, 0) is 21.4 Å². The van der Waals surface area contributed by atoms with E-state index in [9.17, 15) is 19.8 Å². The number of aromatic nitrogens is 1. The molecular formula is C18H19NO4. The first-order chi connectivity index (χ1) is 11.0. The quantitative estimate of drug-likeness (QED) is 0.800. The van der Waals surface area contributed by atoms with E-state index in [1.54, 1.807) is 31.5 Å². The van der Waals surface area contributed by atoms with E-state index in [2.05, 4.69) is 4.98 Å². The topological polar surface area (TPSA) is 87.5 Å². The maximum Gasteiger partial charge on any atom is 0.325 e. The second kappa shape index (κ2) is 6.60. The van der Waals surface area contributed by atoms with Gasteiger partial charge in [-0.1, -0.05) is 32.0 Å². The van der Waals surface area contributed by atoms with Gasteiger partial charge in [-0.15, -0.1) is 0 Å². The second-order valence-electron chi connectivity index (χ2n) is 5.33. The summed E-state index contributed by atoms with van der Waals surface area (Å²) in [6.45, 7) is 3.47. The van der Waals surface area contributed by atoms with Crippen molar-refractivity contribution >= 4 is 11.9 Å². The van der Waals surface area contributed by atoms with Crippen molar-refractivity contribution in [3.05, 3.63) is 53.9 Å². The van der Waals surface area contributed by atoms with Crippen LogP contribution >= 0.6 is 0 Å². The standard InChI is InChI=1S/C18H19NO4/c1-3-12-11-14(13-7-9-19-10-8-13)5-6-15(12)18(4-2,16(20)21)17(22)23/h5-11H,3-4H2,1-2H3,(H,20,21)(H,22,23). The van der Waals surface area contributed by atoms with Crippen molar-refractivity contribution in [3.8, 4) is 11.1 Å². The number of rotatable bonds is 6. The van der Waals surface area contributed by atoms with Crippen LogP contribution in [0.3, 0.4) is 0 Å². The van der Waals surface area contributed by atoms with E-state index in [0.29, 0.717) is 12.0 Å². The molecule has 1 aromatic heterocycles. The summed E-state index contributed by atoms with van der Waals surface area (Å²) in [6, 6.07) is 8.97. The van der Waals surface area contributed by atoms with E-state index >= 15 is 0 Å². The number of nitrogens with zero attached hydrogens (tertiary/aromatic N) is 1. The number of aliphatic carboxylic acids is 2. The number of carbonyl (C=O) groups is 2. The van der Waals surface area contributed by atoms with E-state index in [4.69, 9.17) is 0 Å². The van der Waals surface area contributed by atoms with Crippen LogP contribution in [0.5, 0.6) is 0 Å². The van der Waals surface area contributed by atoms with Crippen molar-refractivity contribution in [2.75, 3.05) is 0 Å². The zero-order chi connectivity index (χ0) is 17.0. The van der Waals surface area contributed by atoms with Crippen molar-refractivity contribution < 1.29 is 19.8 Å². The van der Waals surface area contributed by atoms with Crippen LogP contribution in [0.25, 0.3) is 11.1 Å². The van der Waals surface area contributed by atoms with E-state index < -0.39 is 17.4 Å². The van der Waals surface area contributed by atoms with Crippen molar-refractivity contribution in [3.63, 3.8) is 0 Å². The SMILES string of the molecule is CCc1cc(-c2ccncc2)ccc1C(CC)(C(=O)O)C(=O)O. The lowest BCUT2D eigenvalue weighted by Gasteiger charge is -2.26. The Hall–Kier alpha value is -2.69. The van der Waals surface area contributed by atoms with Crippen molar-refractivity contribution in [1.29, 1.82) is 0 Å². The molecule has 5 nitrogen and oxygen atoms in total. The van der Waals surface area contributed by atoms with Gasteiger partial charge in [0, 0.05) is 12.4 Å². The predicted octanol–water partition coefficient (Wildman–Crippen LogP) is 3.13. The molecule has 0 amide bonds. The maximum absolute atomic E-state index is 11.7. The zero-order valence-corrected chi connectivity index (χ0v) is 13.1. The summed E-state index contributed by atoms with van der Waals surface area (Å²) in [5.74, 6) is -2.67. The monoisotopic (exact) mass is 313 g/mol. The summed E-state index contributed by atoms with van der Waals surface area (Å²) >= 11 is 0. The summed E-state index contributed by atoms with van der Waals surface area (Å²) in [5.41, 5.74) is 1.02. The average Bonchev–Trinajstić information content (AvgIpc) is 2.56. The van der Waals surface area contributed by atoms with E-state index in [1.807, 2.05) is 25.1 Å². The molecule has 2 rings (SSSR count). The van der Waals surface area contributed by atoms with Crippen molar-refractivity contribution in [2.45, 2.75) is 32.1 Å². The summed E-state index contributed by atoms with van der Waals surface area (Å²) in [5, 5.41) is 19.1. The predicted molar refractivity (Wildman–Crippen MR) is 86.3 cm³/mol. The number of carboxylic acid groups (broad SMARTS) is 2. The molecule has 0 saturated heterocycles. The van der Waals surface area contributed by atoms with Crippen LogP contribution in [-0.4, -0.2) is 27.1 Å². The molecule has 0 radical (unpaired) electrons. The largest absolute Gasteiger partial charge is 0.480 e. The molecule has 0 unspecified atom stereocenters. The van der Waals surface area contributed by atoms with Crippen LogP contribution in [0.15, 0.2) is 42.7 Å². The molecule has 23 heavy (non-hydrogen) atoms. The molecule has 0 aliphatic rings. The molecular weight excluding hydrogens is 294 g/mol. The van der Waals surface area contributed by atoms with Gasteiger partial charge in [-0.05, 0) is 47.2 Å². The third-order valence-corrected chi connectivity index (χ3v) is 4.22. The molecule has 0 atom stereocenters. The third-order valence-electron chi connectivity index (χ3n) is 4.22.